The van der Waals surface area contributed by atoms with Gasteiger partial charge in [0.25, 0.3) is 0 Å². The first-order valence-corrected chi connectivity index (χ1v) is 7.36. The molecule has 1 aliphatic rings. The second-order valence-electron chi connectivity index (χ2n) is 5.63. The molecule has 0 atom stereocenters. The lowest BCUT2D eigenvalue weighted by molar-refractivity contribution is 0.302. The van der Waals surface area contributed by atoms with Gasteiger partial charge in [-0.3, -0.25) is 0 Å². The maximum Gasteiger partial charge on any atom is 0.00960 e. The lowest BCUT2D eigenvalue weighted by Gasteiger charge is -2.29. The zero-order chi connectivity index (χ0) is 12.9. The van der Waals surface area contributed by atoms with Gasteiger partial charge in [0.1, 0.15) is 0 Å². The summed E-state index contributed by atoms with van der Waals surface area (Å²) in [6.45, 7) is 0. The van der Waals surface area contributed by atoms with Gasteiger partial charge < -0.3 is 0 Å². The van der Waals surface area contributed by atoms with Gasteiger partial charge in [-0.05, 0) is 29.9 Å². The zero-order valence-corrected chi connectivity index (χ0v) is 11.4. The Bertz CT molecular complexity index is 482. The molecular weight excluding hydrogens is 228 g/mol. The summed E-state index contributed by atoms with van der Waals surface area (Å²) < 4.78 is 0. The summed E-state index contributed by atoms with van der Waals surface area (Å²) >= 11 is 0. The normalized spacial score (nSPS) is 15.4. The first kappa shape index (κ1) is 12.5. The first-order valence-electron chi connectivity index (χ1n) is 7.36. The molecule has 1 aliphatic carbocycles. The van der Waals surface area contributed by atoms with Crippen LogP contribution in [0.25, 0.3) is 0 Å². The molecule has 1 fully saturated rings. The summed E-state index contributed by atoms with van der Waals surface area (Å²) in [7, 11) is 0. The van der Waals surface area contributed by atoms with Crippen molar-refractivity contribution in [2.24, 2.45) is 5.92 Å². The molecule has 1 radical (unpaired) electrons. The van der Waals surface area contributed by atoms with E-state index in [2.05, 4.69) is 60.7 Å². The summed E-state index contributed by atoms with van der Waals surface area (Å²) in [5.74, 6) is 2.54. The van der Waals surface area contributed by atoms with E-state index in [0.29, 0.717) is 0 Å². The molecular formula is C19H21. The monoisotopic (exact) mass is 249 g/mol. The van der Waals surface area contributed by atoms with Crippen LogP contribution in [0, 0.1) is 11.8 Å². The van der Waals surface area contributed by atoms with E-state index in [9.17, 15) is 0 Å². The smallest absolute Gasteiger partial charge is 0.00960 e. The summed E-state index contributed by atoms with van der Waals surface area (Å²) in [6.07, 6.45) is 6.65. The molecule has 0 nitrogen and oxygen atoms in total. The Morgan fingerprint density at radius 3 is 2.05 bits per heavy atom. The number of hydrogen-bond donors (Lipinski definition) is 0. The van der Waals surface area contributed by atoms with E-state index in [1.54, 1.807) is 5.92 Å². The molecule has 97 valence electrons. The molecule has 1 saturated carbocycles. The summed E-state index contributed by atoms with van der Waals surface area (Å²) in [5, 5.41) is 0. The summed E-state index contributed by atoms with van der Waals surface area (Å²) in [4.78, 5) is 0. The minimum absolute atomic E-state index is 0.930. The second-order valence-corrected chi connectivity index (χ2v) is 5.63. The Morgan fingerprint density at radius 1 is 0.842 bits per heavy atom. The Balaban J connectivity index is 1.75. The lowest BCUT2D eigenvalue weighted by atomic mass is 9.75. The van der Waals surface area contributed by atoms with Gasteiger partial charge in [0.2, 0.25) is 0 Å². The molecule has 0 heterocycles. The maximum absolute atomic E-state index is 2.26. The molecule has 0 N–H and O–H groups in total. The number of benzene rings is 2. The van der Waals surface area contributed by atoms with Crippen LogP contribution in [-0.2, 0) is 6.42 Å². The van der Waals surface area contributed by atoms with Crippen LogP contribution < -0.4 is 0 Å². The van der Waals surface area contributed by atoms with Crippen molar-refractivity contribution in [3.05, 3.63) is 77.7 Å². The van der Waals surface area contributed by atoms with E-state index >= 15 is 0 Å². The van der Waals surface area contributed by atoms with Crippen molar-refractivity contribution in [1.82, 2.24) is 0 Å². The van der Waals surface area contributed by atoms with Crippen LogP contribution in [0.1, 0.15) is 36.8 Å². The fourth-order valence-corrected chi connectivity index (χ4v) is 2.85. The predicted molar refractivity (Wildman–Crippen MR) is 80.9 cm³/mol. The molecule has 3 rings (SSSR count). The summed E-state index contributed by atoms with van der Waals surface area (Å²) in [5.41, 5.74) is 2.86. The van der Waals surface area contributed by atoms with Crippen LogP contribution in [0.3, 0.4) is 0 Å². The molecule has 0 bridgehead atoms. The minimum atomic E-state index is 0.930. The van der Waals surface area contributed by atoms with Gasteiger partial charge in [0.15, 0.2) is 0 Å². The highest BCUT2D eigenvalue weighted by Crippen LogP contribution is 2.36. The standard InChI is InChI=1S/C19H21/c1-3-8-16(9-4-1)14-19(15-17-10-7-11-17)18-12-5-2-6-13-18/h1-6,8-9,12-13,17H,7,10-11,14-15H2. The average Bonchev–Trinajstić information content (AvgIpc) is 2.43. The van der Waals surface area contributed by atoms with Crippen LogP contribution in [0.4, 0.5) is 0 Å². The van der Waals surface area contributed by atoms with Crippen molar-refractivity contribution in [3.8, 4) is 0 Å². The van der Waals surface area contributed by atoms with E-state index in [-0.39, 0.29) is 0 Å². The zero-order valence-electron chi connectivity index (χ0n) is 11.4. The van der Waals surface area contributed by atoms with Crippen molar-refractivity contribution in [1.29, 1.82) is 0 Å². The fraction of sp³-hybridized carbons (Fsp3) is 0.316. The van der Waals surface area contributed by atoms with Gasteiger partial charge in [-0.15, -0.1) is 0 Å². The van der Waals surface area contributed by atoms with Crippen molar-refractivity contribution in [2.45, 2.75) is 32.1 Å². The van der Waals surface area contributed by atoms with Crippen molar-refractivity contribution in [3.63, 3.8) is 0 Å². The van der Waals surface area contributed by atoms with Crippen LogP contribution in [-0.4, -0.2) is 0 Å². The Kier molecular flexibility index (Phi) is 3.98. The topological polar surface area (TPSA) is 0 Å². The van der Waals surface area contributed by atoms with E-state index in [0.717, 1.165) is 12.3 Å². The third-order valence-corrected chi connectivity index (χ3v) is 4.20. The molecule has 0 aliphatic heterocycles. The molecule has 0 saturated heterocycles. The highest BCUT2D eigenvalue weighted by Gasteiger charge is 2.23. The van der Waals surface area contributed by atoms with Crippen LogP contribution in [0.5, 0.6) is 0 Å². The third-order valence-electron chi connectivity index (χ3n) is 4.20. The third kappa shape index (κ3) is 3.26. The van der Waals surface area contributed by atoms with E-state index < -0.39 is 0 Å². The largest absolute Gasteiger partial charge is 0.0622 e. The Hall–Kier alpha value is -1.56. The maximum atomic E-state index is 2.26. The van der Waals surface area contributed by atoms with Gasteiger partial charge in [0, 0.05) is 5.92 Å². The molecule has 2 aromatic rings. The first-order chi connectivity index (χ1) is 9.42. The molecule has 0 unspecified atom stereocenters. The van der Waals surface area contributed by atoms with Gasteiger partial charge >= 0.3 is 0 Å². The molecule has 0 heteroatoms. The quantitative estimate of drug-likeness (QED) is 0.696. The molecule has 0 aromatic heterocycles. The molecule has 2 aromatic carbocycles. The average molecular weight is 249 g/mol. The van der Waals surface area contributed by atoms with E-state index in [1.807, 2.05) is 0 Å². The van der Waals surface area contributed by atoms with Crippen LogP contribution >= 0.6 is 0 Å². The predicted octanol–water partition coefficient (Wildman–Crippen LogP) is 5.04. The van der Waals surface area contributed by atoms with Gasteiger partial charge in [-0.25, -0.2) is 0 Å². The Morgan fingerprint density at radius 2 is 1.47 bits per heavy atom. The van der Waals surface area contributed by atoms with E-state index in [4.69, 9.17) is 0 Å². The van der Waals surface area contributed by atoms with Gasteiger partial charge in [0.05, 0.1) is 0 Å². The highest BCUT2D eigenvalue weighted by molar-refractivity contribution is 5.34. The highest BCUT2D eigenvalue weighted by atomic mass is 14.3. The van der Waals surface area contributed by atoms with Crippen molar-refractivity contribution >= 4 is 0 Å². The second kappa shape index (κ2) is 6.06. The SMILES string of the molecule is c1ccc(C[C](CC2CCC2)c2ccccc2)cc1. The van der Waals surface area contributed by atoms with Crippen LogP contribution in [0.15, 0.2) is 60.7 Å². The molecule has 19 heavy (non-hydrogen) atoms. The fourth-order valence-electron chi connectivity index (χ4n) is 2.85. The minimum Gasteiger partial charge on any atom is -0.0622 e. The van der Waals surface area contributed by atoms with E-state index in [1.165, 1.54) is 36.8 Å². The van der Waals surface area contributed by atoms with Crippen LogP contribution in [0.2, 0.25) is 0 Å². The van der Waals surface area contributed by atoms with Gasteiger partial charge in [-0.2, -0.15) is 0 Å². The summed E-state index contributed by atoms with van der Waals surface area (Å²) in [6, 6.07) is 21.8. The lowest BCUT2D eigenvalue weighted by Crippen LogP contribution is -2.17. The van der Waals surface area contributed by atoms with Crippen molar-refractivity contribution in [2.75, 3.05) is 0 Å². The van der Waals surface area contributed by atoms with Gasteiger partial charge in [-0.1, -0.05) is 79.9 Å². The number of rotatable bonds is 5. The molecule has 0 spiro atoms. The van der Waals surface area contributed by atoms with Crippen molar-refractivity contribution < 1.29 is 0 Å². The number of hydrogen-bond acceptors (Lipinski definition) is 0. The Labute approximate surface area is 116 Å². The molecule has 0 amide bonds.